The van der Waals surface area contributed by atoms with Crippen molar-refractivity contribution < 1.29 is 26.9 Å². The van der Waals surface area contributed by atoms with Gasteiger partial charge in [0, 0.05) is 11.1 Å². The monoisotopic (exact) mass is 410 g/mol. The molecule has 1 heterocycles. The minimum Gasteiger partial charge on any atom is -0.497 e. The molecular formula is C19H17F3N2O3S. The highest BCUT2D eigenvalue weighted by atomic mass is 32.2. The lowest BCUT2D eigenvalue weighted by Gasteiger charge is -2.06. The van der Waals surface area contributed by atoms with Gasteiger partial charge in [-0.1, -0.05) is 0 Å². The van der Waals surface area contributed by atoms with Crippen molar-refractivity contribution in [3.05, 3.63) is 48.5 Å². The summed E-state index contributed by atoms with van der Waals surface area (Å²) in [6.45, 7) is 0. The Morgan fingerprint density at radius 3 is 1.89 bits per heavy atom. The van der Waals surface area contributed by atoms with Crippen LogP contribution in [-0.2, 0) is 10.8 Å². The Morgan fingerprint density at radius 2 is 1.43 bits per heavy atom. The highest BCUT2D eigenvalue weighted by molar-refractivity contribution is 7.84. The van der Waals surface area contributed by atoms with Crippen LogP contribution in [0.25, 0.3) is 22.5 Å². The first-order valence-corrected chi connectivity index (χ1v) is 9.46. The lowest BCUT2D eigenvalue weighted by Crippen LogP contribution is -2.19. The zero-order valence-corrected chi connectivity index (χ0v) is 15.9. The number of ether oxygens (including phenoxy) is 2. The second-order valence-electron chi connectivity index (χ2n) is 5.83. The predicted octanol–water partition coefficient (Wildman–Crippen LogP) is 4.43. The Balaban J connectivity index is 2.07. The molecule has 0 aliphatic carbocycles. The van der Waals surface area contributed by atoms with Crippen LogP contribution in [0.4, 0.5) is 13.2 Å². The molecule has 148 valence electrons. The number of alkyl halides is 3. The second kappa shape index (κ2) is 8.05. The van der Waals surface area contributed by atoms with Crippen LogP contribution in [0.3, 0.4) is 0 Å². The second-order valence-corrected chi connectivity index (χ2v) is 7.19. The molecule has 0 aliphatic heterocycles. The molecule has 0 spiro atoms. The molecule has 0 fully saturated rings. The summed E-state index contributed by atoms with van der Waals surface area (Å²) in [6.07, 6.45) is -4.56. The molecule has 1 aromatic heterocycles. The number of hydrogen-bond acceptors (Lipinski definition) is 4. The fourth-order valence-corrected chi connectivity index (χ4v) is 3.44. The van der Waals surface area contributed by atoms with Gasteiger partial charge in [0.25, 0.3) is 0 Å². The summed E-state index contributed by atoms with van der Waals surface area (Å²) in [5.74, 6) is -0.203. The van der Waals surface area contributed by atoms with Gasteiger partial charge in [-0.2, -0.15) is 13.2 Å². The lowest BCUT2D eigenvalue weighted by molar-refractivity contribution is -0.105. The van der Waals surface area contributed by atoms with E-state index in [2.05, 4.69) is 9.97 Å². The van der Waals surface area contributed by atoms with E-state index >= 15 is 0 Å². The highest BCUT2D eigenvalue weighted by Crippen LogP contribution is 2.33. The van der Waals surface area contributed by atoms with Crippen molar-refractivity contribution in [1.29, 1.82) is 0 Å². The number of aromatic nitrogens is 2. The smallest absolute Gasteiger partial charge is 0.400 e. The number of nitrogens with zero attached hydrogens (tertiary/aromatic N) is 1. The average molecular weight is 410 g/mol. The molecule has 3 aromatic rings. The quantitative estimate of drug-likeness (QED) is 0.653. The normalized spacial score (nSPS) is 12.6. The van der Waals surface area contributed by atoms with Crippen molar-refractivity contribution in [1.82, 2.24) is 9.97 Å². The molecule has 1 atom stereocenters. The van der Waals surface area contributed by atoms with Crippen molar-refractivity contribution in [2.75, 3.05) is 20.0 Å². The first-order chi connectivity index (χ1) is 13.3. The molecule has 0 amide bonds. The molecule has 1 unspecified atom stereocenters. The van der Waals surface area contributed by atoms with Gasteiger partial charge in [-0.05, 0) is 48.5 Å². The van der Waals surface area contributed by atoms with Crippen molar-refractivity contribution in [2.24, 2.45) is 0 Å². The minimum atomic E-state index is -4.56. The van der Waals surface area contributed by atoms with Gasteiger partial charge in [0.15, 0.2) is 5.16 Å². The molecule has 2 aromatic carbocycles. The molecule has 0 saturated carbocycles. The number of H-pyrrole nitrogens is 1. The van der Waals surface area contributed by atoms with Gasteiger partial charge in [-0.15, -0.1) is 0 Å². The summed E-state index contributed by atoms with van der Waals surface area (Å²) >= 11 is 0. The van der Waals surface area contributed by atoms with Gasteiger partial charge in [-0.25, -0.2) is 4.98 Å². The summed E-state index contributed by atoms with van der Waals surface area (Å²) in [4.78, 5) is 7.01. The maximum Gasteiger partial charge on any atom is 0.400 e. The molecule has 0 aliphatic rings. The van der Waals surface area contributed by atoms with Crippen molar-refractivity contribution in [2.45, 2.75) is 11.3 Å². The van der Waals surface area contributed by atoms with Crippen LogP contribution < -0.4 is 9.47 Å². The van der Waals surface area contributed by atoms with E-state index in [4.69, 9.17) is 9.47 Å². The average Bonchev–Trinajstić information content (AvgIpc) is 3.12. The Labute approximate surface area is 162 Å². The molecule has 9 heteroatoms. The van der Waals surface area contributed by atoms with Crippen LogP contribution in [0.15, 0.2) is 53.7 Å². The maximum atomic E-state index is 12.6. The highest BCUT2D eigenvalue weighted by Gasteiger charge is 2.32. The Morgan fingerprint density at radius 1 is 0.929 bits per heavy atom. The first kappa shape index (κ1) is 19.9. The number of aromatic amines is 1. The van der Waals surface area contributed by atoms with Crippen LogP contribution in [-0.4, -0.2) is 40.3 Å². The zero-order chi connectivity index (χ0) is 20.3. The number of hydrogen-bond donors (Lipinski definition) is 1. The molecule has 5 nitrogen and oxygen atoms in total. The third-order valence-corrected chi connectivity index (χ3v) is 5.15. The molecule has 1 N–H and O–H groups in total. The van der Waals surface area contributed by atoms with E-state index in [9.17, 15) is 17.4 Å². The zero-order valence-electron chi connectivity index (χ0n) is 15.0. The lowest BCUT2D eigenvalue weighted by atomic mass is 10.0. The minimum absolute atomic E-state index is 0.228. The molecular weight excluding hydrogens is 393 g/mol. The number of nitrogens with one attached hydrogen (secondary N) is 1. The third kappa shape index (κ3) is 4.53. The number of halogens is 3. The van der Waals surface area contributed by atoms with Crippen LogP contribution in [0.1, 0.15) is 0 Å². The van der Waals surface area contributed by atoms with E-state index in [1.807, 2.05) is 0 Å². The van der Waals surface area contributed by atoms with Crippen LogP contribution >= 0.6 is 0 Å². The molecule has 0 bridgehead atoms. The summed E-state index contributed by atoms with van der Waals surface area (Å²) in [5, 5.41) is -0.228. The largest absolute Gasteiger partial charge is 0.497 e. The number of imidazole rings is 1. The van der Waals surface area contributed by atoms with Gasteiger partial charge in [0.1, 0.15) is 17.3 Å². The fraction of sp³-hybridized carbons (Fsp3) is 0.211. The van der Waals surface area contributed by atoms with Gasteiger partial charge in [0.05, 0.1) is 36.4 Å². The van der Waals surface area contributed by atoms with Crippen molar-refractivity contribution in [3.63, 3.8) is 0 Å². The molecule has 0 radical (unpaired) electrons. The van der Waals surface area contributed by atoms with Crippen LogP contribution in [0.2, 0.25) is 0 Å². The Kier molecular flexibility index (Phi) is 5.73. The summed E-state index contributed by atoms with van der Waals surface area (Å²) in [5.41, 5.74) is 2.20. The van der Waals surface area contributed by atoms with Crippen molar-refractivity contribution in [3.8, 4) is 34.0 Å². The fourth-order valence-electron chi connectivity index (χ4n) is 2.60. The third-order valence-electron chi connectivity index (χ3n) is 3.93. The van der Waals surface area contributed by atoms with Gasteiger partial charge < -0.3 is 14.5 Å². The van der Waals surface area contributed by atoms with Crippen LogP contribution in [0, 0.1) is 0 Å². The summed E-state index contributed by atoms with van der Waals surface area (Å²) < 4.78 is 60.4. The van der Waals surface area contributed by atoms with Gasteiger partial charge in [-0.3, -0.25) is 4.21 Å². The molecule has 0 saturated heterocycles. The van der Waals surface area contributed by atoms with Gasteiger partial charge in [0.2, 0.25) is 0 Å². The summed E-state index contributed by atoms with van der Waals surface area (Å²) in [6, 6.07) is 13.8. The molecule has 28 heavy (non-hydrogen) atoms. The van der Waals surface area contributed by atoms with Crippen molar-refractivity contribution >= 4 is 10.8 Å². The first-order valence-electron chi connectivity index (χ1n) is 8.14. The maximum absolute atomic E-state index is 12.6. The summed E-state index contributed by atoms with van der Waals surface area (Å²) in [7, 11) is 0.724. The van der Waals surface area contributed by atoms with E-state index in [1.165, 1.54) is 14.2 Å². The SMILES string of the molecule is COc1ccc(-c2nc(S(=O)CC(F)(F)F)[nH]c2-c2ccc(OC)cc2)cc1. The van der Waals surface area contributed by atoms with E-state index in [1.54, 1.807) is 48.5 Å². The van der Waals surface area contributed by atoms with E-state index in [0.29, 0.717) is 34.0 Å². The topological polar surface area (TPSA) is 64.2 Å². The standard InChI is InChI=1S/C19H17F3N2O3S/c1-26-14-7-3-12(4-8-14)16-17(13-5-9-15(27-2)10-6-13)24-18(23-16)28(25)11-19(20,21)22/h3-10H,11H2,1-2H3,(H,23,24). The van der Waals surface area contributed by atoms with Gasteiger partial charge >= 0.3 is 6.18 Å². The molecule has 3 rings (SSSR count). The van der Waals surface area contributed by atoms with E-state index < -0.39 is 22.7 Å². The van der Waals surface area contributed by atoms with E-state index in [-0.39, 0.29) is 5.16 Å². The predicted molar refractivity (Wildman–Crippen MR) is 99.9 cm³/mol. The number of rotatable bonds is 6. The number of benzene rings is 2. The number of methoxy groups -OCH3 is 2. The Bertz CT molecular complexity index is 903. The van der Waals surface area contributed by atoms with E-state index in [0.717, 1.165) is 0 Å². The van der Waals surface area contributed by atoms with Crippen LogP contribution in [0.5, 0.6) is 11.5 Å². The Hall–Kier alpha value is -2.81.